The van der Waals surface area contributed by atoms with Crippen LogP contribution in [-0.4, -0.2) is 54.8 Å². The van der Waals surface area contributed by atoms with Crippen molar-refractivity contribution in [3.8, 4) is 0 Å². The molecule has 0 aromatic carbocycles. The van der Waals surface area contributed by atoms with Gasteiger partial charge in [-0.15, -0.1) is 0 Å². The summed E-state index contributed by atoms with van der Waals surface area (Å²) in [5, 5.41) is 0. The maximum Gasteiger partial charge on any atom is 0.246 e. The molecule has 0 aliphatic carbocycles. The molecule has 0 spiro atoms. The summed E-state index contributed by atoms with van der Waals surface area (Å²) in [5.41, 5.74) is 0. The van der Waals surface area contributed by atoms with Gasteiger partial charge in [0.1, 0.15) is 6.04 Å². The van der Waals surface area contributed by atoms with Crippen molar-refractivity contribution < 1.29 is 18.0 Å². The van der Waals surface area contributed by atoms with Gasteiger partial charge in [0, 0.05) is 19.5 Å². The normalized spacial score (nSPS) is 25.5. The highest BCUT2D eigenvalue weighted by atomic mass is 32.2. The highest BCUT2D eigenvalue weighted by molar-refractivity contribution is 7.89. The van der Waals surface area contributed by atoms with Crippen LogP contribution < -0.4 is 0 Å². The fourth-order valence-corrected chi connectivity index (χ4v) is 3.92. The minimum atomic E-state index is -3.66. The smallest absolute Gasteiger partial charge is 0.246 e. The lowest BCUT2D eigenvalue weighted by Gasteiger charge is -2.28. The quantitative estimate of drug-likeness (QED) is 0.734. The monoisotopic (exact) mass is 288 g/mol. The van der Waals surface area contributed by atoms with Crippen LogP contribution in [0.3, 0.4) is 0 Å². The van der Waals surface area contributed by atoms with Gasteiger partial charge in [0.15, 0.2) is 0 Å². The van der Waals surface area contributed by atoms with Crippen molar-refractivity contribution in [2.45, 2.75) is 44.6 Å². The van der Waals surface area contributed by atoms with E-state index < -0.39 is 22.0 Å². The maximum absolute atomic E-state index is 12.4. The van der Waals surface area contributed by atoms with Gasteiger partial charge in [-0.3, -0.25) is 9.59 Å². The summed E-state index contributed by atoms with van der Waals surface area (Å²) in [4.78, 5) is 25.8. The Bertz CT molecular complexity index is 466. The standard InChI is InChI=1S/C12H20N2O4S/c1-19(17,18)14-10(6-7-11(14)15)12(16)13-8-4-2-3-5-9-13/h10H,2-9H2,1H3. The van der Waals surface area contributed by atoms with Crippen LogP contribution in [0.25, 0.3) is 0 Å². The number of sulfonamides is 1. The Morgan fingerprint density at radius 1 is 1.16 bits per heavy atom. The molecule has 0 N–H and O–H groups in total. The zero-order valence-corrected chi connectivity index (χ0v) is 12.0. The van der Waals surface area contributed by atoms with Crippen LogP contribution in [-0.2, 0) is 19.6 Å². The highest BCUT2D eigenvalue weighted by Gasteiger charge is 2.43. The Hall–Kier alpha value is -1.11. The van der Waals surface area contributed by atoms with E-state index in [0.717, 1.165) is 36.2 Å². The lowest BCUT2D eigenvalue weighted by atomic mass is 10.2. The molecule has 2 aliphatic rings. The molecule has 7 heteroatoms. The number of hydrogen-bond acceptors (Lipinski definition) is 4. The third kappa shape index (κ3) is 3.08. The Labute approximate surface area is 113 Å². The van der Waals surface area contributed by atoms with E-state index in [1.807, 2.05) is 0 Å². The van der Waals surface area contributed by atoms with Crippen LogP contribution in [0.2, 0.25) is 0 Å². The van der Waals surface area contributed by atoms with E-state index in [1.54, 1.807) is 4.90 Å². The van der Waals surface area contributed by atoms with E-state index in [-0.39, 0.29) is 12.3 Å². The SMILES string of the molecule is CS(=O)(=O)N1C(=O)CCC1C(=O)N1CCCCCC1. The van der Waals surface area contributed by atoms with Gasteiger partial charge in [-0.25, -0.2) is 12.7 Å². The molecule has 108 valence electrons. The summed E-state index contributed by atoms with van der Waals surface area (Å²) in [7, 11) is -3.66. The molecule has 2 saturated heterocycles. The fraction of sp³-hybridized carbons (Fsp3) is 0.833. The maximum atomic E-state index is 12.4. The molecule has 2 fully saturated rings. The molecule has 6 nitrogen and oxygen atoms in total. The van der Waals surface area contributed by atoms with Crippen LogP contribution in [0.4, 0.5) is 0 Å². The van der Waals surface area contributed by atoms with Crippen molar-refractivity contribution in [1.82, 2.24) is 9.21 Å². The predicted octanol–water partition coefficient (Wildman–Crippen LogP) is 0.340. The molecular weight excluding hydrogens is 268 g/mol. The topological polar surface area (TPSA) is 74.8 Å². The molecular formula is C12H20N2O4S. The molecule has 0 bridgehead atoms. The Kier molecular flexibility index (Phi) is 4.13. The molecule has 2 aliphatic heterocycles. The molecule has 19 heavy (non-hydrogen) atoms. The van der Waals surface area contributed by atoms with E-state index in [2.05, 4.69) is 0 Å². The van der Waals surface area contributed by atoms with E-state index in [0.29, 0.717) is 19.5 Å². The highest BCUT2D eigenvalue weighted by Crippen LogP contribution is 2.24. The number of hydrogen-bond donors (Lipinski definition) is 0. The van der Waals surface area contributed by atoms with Gasteiger partial charge < -0.3 is 4.90 Å². The van der Waals surface area contributed by atoms with E-state index >= 15 is 0 Å². The summed E-state index contributed by atoms with van der Waals surface area (Å²) < 4.78 is 24.1. The van der Waals surface area contributed by atoms with Crippen LogP contribution >= 0.6 is 0 Å². The lowest BCUT2D eigenvalue weighted by molar-refractivity contribution is -0.137. The molecule has 2 amide bonds. The molecule has 1 atom stereocenters. The molecule has 0 radical (unpaired) electrons. The van der Waals surface area contributed by atoms with Gasteiger partial charge in [-0.1, -0.05) is 12.8 Å². The zero-order valence-electron chi connectivity index (χ0n) is 11.2. The van der Waals surface area contributed by atoms with Crippen molar-refractivity contribution in [2.75, 3.05) is 19.3 Å². The van der Waals surface area contributed by atoms with Gasteiger partial charge in [0.2, 0.25) is 21.8 Å². The van der Waals surface area contributed by atoms with Gasteiger partial charge in [-0.05, 0) is 19.3 Å². The summed E-state index contributed by atoms with van der Waals surface area (Å²) in [6.07, 6.45) is 5.53. The second kappa shape index (κ2) is 5.48. The van der Waals surface area contributed by atoms with Crippen LogP contribution in [0.15, 0.2) is 0 Å². The minimum Gasteiger partial charge on any atom is -0.341 e. The number of carbonyl (C=O) groups excluding carboxylic acids is 2. The van der Waals surface area contributed by atoms with Crippen molar-refractivity contribution in [2.24, 2.45) is 0 Å². The number of rotatable bonds is 2. The summed E-state index contributed by atoms with van der Waals surface area (Å²) >= 11 is 0. The summed E-state index contributed by atoms with van der Waals surface area (Å²) in [5.74, 6) is -0.672. The van der Waals surface area contributed by atoms with E-state index in [1.165, 1.54) is 0 Å². The van der Waals surface area contributed by atoms with Crippen LogP contribution in [0.1, 0.15) is 38.5 Å². The first kappa shape index (κ1) is 14.3. The molecule has 1 unspecified atom stereocenters. The van der Waals surface area contributed by atoms with E-state index in [4.69, 9.17) is 0 Å². The molecule has 0 saturated carbocycles. The lowest BCUT2D eigenvalue weighted by Crippen LogP contribution is -2.49. The van der Waals surface area contributed by atoms with Gasteiger partial charge in [-0.2, -0.15) is 0 Å². The van der Waals surface area contributed by atoms with Crippen molar-refractivity contribution in [3.63, 3.8) is 0 Å². The third-order valence-corrected chi connectivity index (χ3v) is 4.89. The zero-order chi connectivity index (χ0) is 14.0. The fourth-order valence-electron chi connectivity index (χ4n) is 2.80. The second-order valence-corrected chi connectivity index (χ2v) is 7.11. The van der Waals surface area contributed by atoms with Gasteiger partial charge in [0.25, 0.3) is 0 Å². The Morgan fingerprint density at radius 2 is 1.74 bits per heavy atom. The predicted molar refractivity (Wildman–Crippen MR) is 69.8 cm³/mol. The van der Waals surface area contributed by atoms with Crippen molar-refractivity contribution >= 4 is 21.8 Å². The first-order chi connectivity index (χ1) is 8.91. The third-order valence-electron chi connectivity index (χ3n) is 3.72. The average molecular weight is 288 g/mol. The van der Waals surface area contributed by atoms with Gasteiger partial charge in [0.05, 0.1) is 6.26 Å². The van der Waals surface area contributed by atoms with Crippen molar-refractivity contribution in [1.29, 1.82) is 0 Å². The number of nitrogens with zero attached hydrogens (tertiary/aromatic N) is 2. The minimum absolute atomic E-state index is 0.136. The summed E-state index contributed by atoms with van der Waals surface area (Å²) in [6, 6.07) is -0.819. The Balaban J connectivity index is 2.15. The first-order valence-electron chi connectivity index (χ1n) is 6.72. The molecule has 2 rings (SSSR count). The van der Waals surface area contributed by atoms with Crippen LogP contribution in [0.5, 0.6) is 0 Å². The number of likely N-dealkylation sites (tertiary alicyclic amines) is 1. The molecule has 0 aromatic heterocycles. The summed E-state index contributed by atoms with van der Waals surface area (Å²) in [6.45, 7) is 1.34. The van der Waals surface area contributed by atoms with E-state index in [9.17, 15) is 18.0 Å². The number of amides is 2. The average Bonchev–Trinajstić information content (AvgIpc) is 2.57. The largest absolute Gasteiger partial charge is 0.341 e. The first-order valence-corrected chi connectivity index (χ1v) is 8.57. The number of carbonyl (C=O) groups is 2. The van der Waals surface area contributed by atoms with Gasteiger partial charge >= 0.3 is 0 Å². The molecule has 2 heterocycles. The van der Waals surface area contributed by atoms with Crippen LogP contribution in [0, 0.1) is 0 Å². The second-order valence-electron chi connectivity index (χ2n) is 5.25. The molecule has 0 aromatic rings. The van der Waals surface area contributed by atoms with Crippen molar-refractivity contribution in [3.05, 3.63) is 0 Å². The Morgan fingerprint density at radius 3 is 2.26 bits per heavy atom.